The maximum atomic E-state index is 13.2. The standard InChI is InChI=1S/C23H28O8/c1-6-12(2)18(25)10-17-15-9-20(27)22(5,31-14(4)24)21(28)16(15)11-29-23(17)19(26)8-7-13(3)30-23/h6,9,11,13,17,19,26H,7-8,10H2,1-5H3/b12-6+/t13?,17?,19?,22-,23?/m0/s1. The van der Waals surface area contributed by atoms with Crippen LogP contribution in [0.3, 0.4) is 0 Å². The van der Waals surface area contributed by atoms with Crippen LogP contribution in [-0.4, -0.2) is 52.0 Å². The van der Waals surface area contributed by atoms with Crippen LogP contribution < -0.4 is 0 Å². The van der Waals surface area contributed by atoms with Gasteiger partial charge >= 0.3 is 5.97 Å². The first-order chi connectivity index (χ1) is 14.5. The molecule has 0 aromatic heterocycles. The quantitative estimate of drug-likeness (QED) is 0.408. The van der Waals surface area contributed by atoms with Gasteiger partial charge in [0.15, 0.2) is 5.78 Å². The monoisotopic (exact) mass is 432 g/mol. The minimum Gasteiger partial charge on any atom is -0.466 e. The number of hydrogen-bond donors (Lipinski definition) is 1. The molecule has 5 atom stereocenters. The van der Waals surface area contributed by atoms with E-state index >= 15 is 0 Å². The highest BCUT2D eigenvalue weighted by molar-refractivity contribution is 6.26. The molecule has 3 aliphatic rings. The molecule has 8 nitrogen and oxygen atoms in total. The molecule has 0 amide bonds. The summed E-state index contributed by atoms with van der Waals surface area (Å²) in [7, 11) is 0. The Kier molecular flexibility index (Phi) is 6.08. The molecule has 0 saturated carbocycles. The van der Waals surface area contributed by atoms with Gasteiger partial charge < -0.3 is 19.3 Å². The van der Waals surface area contributed by atoms with Crippen molar-refractivity contribution in [3.63, 3.8) is 0 Å². The highest BCUT2D eigenvalue weighted by atomic mass is 16.7. The van der Waals surface area contributed by atoms with Crippen molar-refractivity contribution in [1.82, 2.24) is 0 Å². The summed E-state index contributed by atoms with van der Waals surface area (Å²) in [6, 6.07) is 0. The molecule has 2 heterocycles. The fourth-order valence-corrected chi connectivity index (χ4v) is 4.33. The van der Waals surface area contributed by atoms with Crippen LogP contribution in [-0.2, 0) is 33.4 Å². The molecule has 1 aliphatic carbocycles. The number of aliphatic hydroxyl groups excluding tert-OH is 1. The van der Waals surface area contributed by atoms with Gasteiger partial charge in [-0.3, -0.25) is 19.2 Å². The number of carbonyl (C=O) groups is 4. The number of rotatable bonds is 4. The molecule has 4 unspecified atom stereocenters. The van der Waals surface area contributed by atoms with Crippen LogP contribution in [0.2, 0.25) is 0 Å². The molecule has 168 valence electrons. The normalized spacial score (nSPS) is 35.7. The number of aliphatic hydroxyl groups is 1. The van der Waals surface area contributed by atoms with Crippen molar-refractivity contribution in [2.45, 2.75) is 77.5 Å². The lowest BCUT2D eigenvalue weighted by molar-refractivity contribution is -0.320. The number of esters is 1. The third-order valence-corrected chi connectivity index (χ3v) is 6.27. The van der Waals surface area contributed by atoms with Gasteiger partial charge in [0.25, 0.3) is 0 Å². The van der Waals surface area contributed by atoms with Crippen molar-refractivity contribution in [1.29, 1.82) is 0 Å². The first-order valence-corrected chi connectivity index (χ1v) is 10.4. The summed E-state index contributed by atoms with van der Waals surface area (Å²) in [5.74, 6) is -4.95. The Morgan fingerprint density at radius 2 is 1.97 bits per heavy atom. The molecule has 1 spiro atoms. The molecule has 3 rings (SSSR count). The summed E-state index contributed by atoms with van der Waals surface area (Å²) in [5.41, 5.74) is -1.24. The van der Waals surface area contributed by atoms with E-state index < -0.39 is 40.9 Å². The maximum Gasteiger partial charge on any atom is 0.304 e. The second-order valence-electron chi connectivity index (χ2n) is 8.46. The van der Waals surface area contributed by atoms with Gasteiger partial charge in [-0.25, -0.2) is 0 Å². The largest absolute Gasteiger partial charge is 0.466 e. The lowest BCUT2D eigenvalue weighted by atomic mass is 9.69. The Hall–Kier alpha value is -2.58. The van der Waals surface area contributed by atoms with Crippen molar-refractivity contribution in [3.8, 4) is 0 Å². The first kappa shape index (κ1) is 23.1. The summed E-state index contributed by atoms with van der Waals surface area (Å²) in [4.78, 5) is 50.4. The number of fused-ring (bicyclic) bond motifs is 1. The van der Waals surface area contributed by atoms with E-state index in [9.17, 15) is 24.3 Å². The van der Waals surface area contributed by atoms with E-state index in [0.29, 0.717) is 18.4 Å². The minimum absolute atomic E-state index is 0.0268. The van der Waals surface area contributed by atoms with Gasteiger partial charge in [0.2, 0.25) is 23.0 Å². The van der Waals surface area contributed by atoms with Gasteiger partial charge in [-0.2, -0.15) is 0 Å². The number of ether oxygens (including phenoxy) is 3. The Bertz CT molecular complexity index is 926. The number of hydrogen-bond acceptors (Lipinski definition) is 8. The zero-order chi connectivity index (χ0) is 23.1. The second-order valence-corrected chi connectivity index (χ2v) is 8.46. The molecular formula is C23H28O8. The molecule has 8 heteroatoms. The summed E-state index contributed by atoms with van der Waals surface area (Å²) in [6.45, 7) is 7.57. The molecule has 0 aromatic carbocycles. The van der Waals surface area contributed by atoms with Crippen LogP contribution in [0.4, 0.5) is 0 Å². The van der Waals surface area contributed by atoms with Crippen LogP contribution in [0.5, 0.6) is 0 Å². The molecule has 1 fully saturated rings. The predicted octanol–water partition coefficient (Wildman–Crippen LogP) is 2.10. The highest BCUT2D eigenvalue weighted by Crippen LogP contribution is 2.49. The minimum atomic E-state index is -2.01. The second kappa shape index (κ2) is 8.16. The zero-order valence-electron chi connectivity index (χ0n) is 18.4. The van der Waals surface area contributed by atoms with Gasteiger partial charge in [-0.05, 0) is 57.8 Å². The summed E-state index contributed by atoms with van der Waals surface area (Å²) in [6.07, 6.45) is 3.52. The molecule has 1 saturated heterocycles. The van der Waals surface area contributed by atoms with Gasteiger partial charge in [-0.15, -0.1) is 0 Å². The summed E-state index contributed by atoms with van der Waals surface area (Å²) >= 11 is 0. The molecule has 0 radical (unpaired) electrons. The van der Waals surface area contributed by atoms with Gasteiger partial charge in [0.1, 0.15) is 6.10 Å². The fraction of sp³-hybridized carbons (Fsp3) is 0.565. The third kappa shape index (κ3) is 3.78. The molecular weight excluding hydrogens is 404 g/mol. The van der Waals surface area contributed by atoms with Crippen molar-refractivity contribution in [3.05, 3.63) is 35.1 Å². The molecule has 0 bridgehead atoms. The van der Waals surface area contributed by atoms with Gasteiger partial charge in [0, 0.05) is 13.3 Å². The third-order valence-electron chi connectivity index (χ3n) is 6.27. The van der Waals surface area contributed by atoms with E-state index in [0.717, 1.165) is 13.2 Å². The SMILES string of the molecule is C/C=C(\C)C(=O)CC1C2=CC(=O)[C@](C)(OC(C)=O)C(=O)C2=COC12OC(C)CCC2O. The topological polar surface area (TPSA) is 116 Å². The van der Waals surface area contributed by atoms with Gasteiger partial charge in [0.05, 0.1) is 23.9 Å². The van der Waals surface area contributed by atoms with Crippen LogP contribution in [0.1, 0.15) is 53.9 Å². The summed E-state index contributed by atoms with van der Waals surface area (Å²) in [5, 5.41) is 10.9. The Balaban J connectivity index is 2.14. The molecule has 31 heavy (non-hydrogen) atoms. The van der Waals surface area contributed by atoms with E-state index in [1.807, 2.05) is 6.92 Å². The van der Waals surface area contributed by atoms with E-state index in [1.54, 1.807) is 19.9 Å². The average Bonchev–Trinajstić information content (AvgIpc) is 2.70. The van der Waals surface area contributed by atoms with Crippen LogP contribution in [0.15, 0.2) is 35.1 Å². The van der Waals surface area contributed by atoms with Crippen LogP contribution in [0, 0.1) is 5.92 Å². The maximum absolute atomic E-state index is 13.2. The Morgan fingerprint density at radius 3 is 2.58 bits per heavy atom. The van der Waals surface area contributed by atoms with E-state index in [2.05, 4.69) is 0 Å². The van der Waals surface area contributed by atoms with E-state index in [-0.39, 0.29) is 29.5 Å². The van der Waals surface area contributed by atoms with Gasteiger partial charge in [-0.1, -0.05) is 6.08 Å². The average molecular weight is 432 g/mol. The van der Waals surface area contributed by atoms with Crippen molar-refractivity contribution >= 4 is 23.3 Å². The lowest BCUT2D eigenvalue weighted by Gasteiger charge is -2.50. The van der Waals surface area contributed by atoms with Crippen molar-refractivity contribution in [2.24, 2.45) is 5.92 Å². The van der Waals surface area contributed by atoms with E-state index in [4.69, 9.17) is 14.2 Å². The first-order valence-electron chi connectivity index (χ1n) is 10.4. The molecule has 2 aliphatic heterocycles. The highest BCUT2D eigenvalue weighted by Gasteiger charge is 2.59. The number of Topliss-reactive ketones (excluding diaryl/α,β-unsaturated/α-hetero) is 2. The molecule has 1 N–H and O–H groups in total. The van der Waals surface area contributed by atoms with Crippen LogP contribution >= 0.6 is 0 Å². The Labute approximate surface area is 180 Å². The fourth-order valence-electron chi connectivity index (χ4n) is 4.33. The van der Waals surface area contributed by atoms with Crippen LogP contribution in [0.25, 0.3) is 0 Å². The summed E-state index contributed by atoms with van der Waals surface area (Å²) < 4.78 is 17.0. The molecule has 0 aromatic rings. The smallest absolute Gasteiger partial charge is 0.304 e. The number of ketones is 3. The van der Waals surface area contributed by atoms with E-state index in [1.165, 1.54) is 13.0 Å². The van der Waals surface area contributed by atoms with Crippen molar-refractivity contribution in [2.75, 3.05) is 0 Å². The lowest BCUT2D eigenvalue weighted by Crippen LogP contribution is -2.61. The van der Waals surface area contributed by atoms with Crippen molar-refractivity contribution < 1.29 is 38.5 Å². The zero-order valence-corrected chi connectivity index (χ0v) is 18.4. The number of allylic oxidation sites excluding steroid dienone is 2. The predicted molar refractivity (Wildman–Crippen MR) is 108 cm³/mol. The Morgan fingerprint density at radius 1 is 1.29 bits per heavy atom. The number of carbonyl (C=O) groups excluding carboxylic acids is 4.